The Labute approximate surface area is 167 Å². The molecule has 0 bridgehead atoms. The van der Waals surface area contributed by atoms with Gasteiger partial charge in [0, 0.05) is 43.1 Å². The predicted octanol–water partition coefficient (Wildman–Crippen LogP) is 3.47. The molecule has 0 N–H and O–H groups in total. The topological polar surface area (TPSA) is 58.7 Å². The molecule has 0 spiro atoms. The Morgan fingerprint density at radius 2 is 1.89 bits per heavy atom. The number of carbonyl (C=O) groups is 1. The first-order chi connectivity index (χ1) is 13.4. The third kappa shape index (κ3) is 3.40. The quantitative estimate of drug-likeness (QED) is 0.676. The van der Waals surface area contributed by atoms with Crippen LogP contribution in [0.15, 0.2) is 51.8 Å². The Morgan fingerprint density at radius 3 is 2.61 bits per heavy atom. The highest BCUT2D eigenvalue weighted by molar-refractivity contribution is 6.30. The van der Waals surface area contributed by atoms with Crippen LogP contribution in [0.1, 0.15) is 18.7 Å². The predicted molar refractivity (Wildman–Crippen MR) is 110 cm³/mol. The number of benzene rings is 1. The first kappa shape index (κ1) is 18.6. The second kappa shape index (κ2) is 7.36. The summed E-state index contributed by atoms with van der Waals surface area (Å²) in [5, 5.41) is 1.21. The summed E-state index contributed by atoms with van der Waals surface area (Å²) in [5.74, 6) is 0.633. The van der Waals surface area contributed by atoms with Gasteiger partial charge in [0.15, 0.2) is 0 Å². The maximum atomic E-state index is 13.0. The fourth-order valence-electron chi connectivity index (χ4n) is 3.72. The van der Waals surface area contributed by atoms with E-state index in [9.17, 15) is 9.59 Å². The Morgan fingerprint density at radius 1 is 1.14 bits per heavy atom. The SMILES string of the molecule is Cc1cc2c(=O)n([C@H](C)C(=O)N3CCN(c4cccc(Cl)c4)CC3)ccc2o1. The van der Waals surface area contributed by atoms with E-state index < -0.39 is 6.04 Å². The van der Waals surface area contributed by atoms with Crippen molar-refractivity contribution >= 4 is 34.2 Å². The Kier molecular flexibility index (Phi) is 4.89. The number of hydrogen-bond acceptors (Lipinski definition) is 4. The minimum absolute atomic E-state index is 0.0487. The molecule has 1 amide bonds. The van der Waals surface area contributed by atoms with Crippen LogP contribution < -0.4 is 10.5 Å². The van der Waals surface area contributed by atoms with Crippen molar-refractivity contribution in [1.29, 1.82) is 0 Å². The lowest BCUT2D eigenvalue weighted by Gasteiger charge is -2.37. The van der Waals surface area contributed by atoms with Gasteiger partial charge in [-0.05, 0) is 44.2 Å². The summed E-state index contributed by atoms with van der Waals surface area (Å²) < 4.78 is 6.99. The lowest BCUT2D eigenvalue weighted by atomic mass is 10.2. The molecule has 1 atom stereocenters. The van der Waals surface area contributed by atoms with Crippen LogP contribution in [0.5, 0.6) is 0 Å². The summed E-state index contributed by atoms with van der Waals surface area (Å²) in [6.45, 7) is 6.25. The number of fused-ring (bicyclic) bond motifs is 1. The highest BCUT2D eigenvalue weighted by Crippen LogP contribution is 2.22. The molecule has 1 aliphatic heterocycles. The summed E-state index contributed by atoms with van der Waals surface area (Å²) in [4.78, 5) is 29.8. The smallest absolute Gasteiger partial charge is 0.262 e. The number of piperazine rings is 1. The molecule has 6 nitrogen and oxygen atoms in total. The maximum absolute atomic E-state index is 13.0. The number of rotatable bonds is 3. The van der Waals surface area contributed by atoms with Crippen LogP contribution in [0.3, 0.4) is 0 Å². The third-order valence-electron chi connectivity index (χ3n) is 5.27. The van der Waals surface area contributed by atoms with Gasteiger partial charge in [-0.25, -0.2) is 0 Å². The number of amides is 1. The van der Waals surface area contributed by atoms with Crippen molar-refractivity contribution in [3.05, 3.63) is 63.7 Å². The number of furan rings is 1. The van der Waals surface area contributed by atoms with E-state index >= 15 is 0 Å². The van der Waals surface area contributed by atoms with Gasteiger partial charge in [0.25, 0.3) is 5.56 Å². The summed E-state index contributed by atoms with van der Waals surface area (Å²) in [7, 11) is 0. The van der Waals surface area contributed by atoms with Crippen molar-refractivity contribution in [2.75, 3.05) is 31.1 Å². The average Bonchev–Trinajstić information content (AvgIpc) is 3.09. The molecule has 4 rings (SSSR count). The van der Waals surface area contributed by atoms with Crippen LogP contribution in [0.4, 0.5) is 5.69 Å². The molecule has 2 aromatic heterocycles. The van der Waals surface area contributed by atoms with Crippen LogP contribution in [-0.2, 0) is 4.79 Å². The van der Waals surface area contributed by atoms with Crippen molar-refractivity contribution in [3.8, 4) is 0 Å². The molecule has 0 saturated carbocycles. The molecule has 1 aliphatic rings. The van der Waals surface area contributed by atoms with Gasteiger partial charge in [-0.2, -0.15) is 0 Å². The zero-order chi connectivity index (χ0) is 19.8. The fourth-order valence-corrected chi connectivity index (χ4v) is 3.91. The van der Waals surface area contributed by atoms with E-state index in [0.717, 1.165) is 18.8 Å². The molecule has 146 valence electrons. The normalized spacial score (nSPS) is 15.8. The van der Waals surface area contributed by atoms with Gasteiger partial charge in [0.2, 0.25) is 5.91 Å². The molecule has 1 aromatic carbocycles. The molecule has 28 heavy (non-hydrogen) atoms. The number of nitrogens with zero attached hydrogens (tertiary/aromatic N) is 3. The van der Waals surface area contributed by atoms with Crippen molar-refractivity contribution < 1.29 is 9.21 Å². The van der Waals surface area contributed by atoms with Gasteiger partial charge in [0.05, 0.1) is 5.39 Å². The van der Waals surface area contributed by atoms with Crippen LogP contribution in [0, 0.1) is 6.92 Å². The largest absolute Gasteiger partial charge is 0.461 e. The van der Waals surface area contributed by atoms with Crippen LogP contribution >= 0.6 is 11.6 Å². The minimum atomic E-state index is -0.565. The lowest BCUT2D eigenvalue weighted by Crippen LogP contribution is -2.51. The zero-order valence-corrected chi connectivity index (χ0v) is 16.6. The first-order valence-electron chi connectivity index (χ1n) is 9.34. The van der Waals surface area contributed by atoms with Gasteiger partial charge in [0.1, 0.15) is 17.4 Å². The lowest BCUT2D eigenvalue weighted by molar-refractivity contribution is -0.134. The standard InChI is InChI=1S/C21H22ClN3O3/c1-14-12-18-19(28-14)6-7-25(21(18)27)15(2)20(26)24-10-8-23(9-11-24)17-5-3-4-16(22)13-17/h3-7,12-13,15H,8-11H2,1-2H3/t15-/m1/s1. The highest BCUT2D eigenvalue weighted by Gasteiger charge is 2.27. The summed E-state index contributed by atoms with van der Waals surface area (Å²) in [6.07, 6.45) is 1.64. The molecular formula is C21H22ClN3O3. The molecule has 1 saturated heterocycles. The van der Waals surface area contributed by atoms with Crippen molar-refractivity contribution in [2.24, 2.45) is 0 Å². The van der Waals surface area contributed by atoms with E-state index in [1.54, 1.807) is 32.2 Å². The van der Waals surface area contributed by atoms with Gasteiger partial charge < -0.3 is 18.8 Å². The van der Waals surface area contributed by atoms with Gasteiger partial charge in [-0.3, -0.25) is 9.59 Å². The molecule has 0 unspecified atom stereocenters. The number of anilines is 1. The van der Waals surface area contributed by atoms with Crippen molar-refractivity contribution in [3.63, 3.8) is 0 Å². The van der Waals surface area contributed by atoms with E-state index in [1.807, 2.05) is 29.2 Å². The van der Waals surface area contributed by atoms with Crippen LogP contribution in [-0.4, -0.2) is 41.6 Å². The zero-order valence-electron chi connectivity index (χ0n) is 15.9. The van der Waals surface area contributed by atoms with Crippen molar-refractivity contribution in [2.45, 2.75) is 19.9 Å². The molecule has 3 aromatic rings. The van der Waals surface area contributed by atoms with Crippen LogP contribution in [0.25, 0.3) is 11.0 Å². The molecule has 0 radical (unpaired) electrons. The highest BCUT2D eigenvalue weighted by atomic mass is 35.5. The number of halogens is 1. The fraction of sp³-hybridized carbons (Fsp3) is 0.333. The monoisotopic (exact) mass is 399 g/mol. The maximum Gasteiger partial charge on any atom is 0.262 e. The second-order valence-corrected chi connectivity index (χ2v) is 7.57. The van der Waals surface area contributed by atoms with Gasteiger partial charge in [-0.15, -0.1) is 0 Å². The number of hydrogen-bond donors (Lipinski definition) is 0. The Hall–Kier alpha value is -2.73. The molecule has 0 aliphatic carbocycles. The number of pyridine rings is 1. The summed E-state index contributed by atoms with van der Waals surface area (Å²) in [6, 6.07) is 10.6. The van der Waals surface area contributed by atoms with E-state index in [0.29, 0.717) is 34.8 Å². The molecule has 7 heteroatoms. The first-order valence-corrected chi connectivity index (χ1v) is 9.72. The average molecular weight is 400 g/mol. The number of aryl methyl sites for hydroxylation is 1. The Bertz CT molecular complexity index is 1080. The van der Waals surface area contributed by atoms with Crippen molar-refractivity contribution in [1.82, 2.24) is 9.47 Å². The Balaban J connectivity index is 1.48. The number of carbonyl (C=O) groups excluding carboxylic acids is 1. The summed E-state index contributed by atoms with van der Waals surface area (Å²) >= 11 is 6.08. The molecule has 1 fully saturated rings. The van der Waals surface area contributed by atoms with Crippen LogP contribution in [0.2, 0.25) is 5.02 Å². The minimum Gasteiger partial charge on any atom is -0.461 e. The third-order valence-corrected chi connectivity index (χ3v) is 5.51. The molecule has 3 heterocycles. The van der Waals surface area contributed by atoms with E-state index in [1.165, 1.54) is 4.57 Å². The van der Waals surface area contributed by atoms with Gasteiger partial charge in [-0.1, -0.05) is 17.7 Å². The van der Waals surface area contributed by atoms with E-state index in [-0.39, 0.29) is 11.5 Å². The molecular weight excluding hydrogens is 378 g/mol. The van der Waals surface area contributed by atoms with Gasteiger partial charge >= 0.3 is 0 Å². The number of aromatic nitrogens is 1. The van der Waals surface area contributed by atoms with E-state index in [4.69, 9.17) is 16.0 Å². The summed E-state index contributed by atoms with van der Waals surface area (Å²) in [5.41, 5.74) is 1.41. The second-order valence-electron chi connectivity index (χ2n) is 7.13. The van der Waals surface area contributed by atoms with E-state index in [2.05, 4.69) is 4.90 Å².